The van der Waals surface area contributed by atoms with E-state index in [0.717, 1.165) is 12.8 Å². The van der Waals surface area contributed by atoms with Crippen LogP contribution in [0.25, 0.3) is 0 Å². The molecule has 0 spiro atoms. The number of carbonyl (C=O) groups is 1. The van der Waals surface area contributed by atoms with E-state index in [0.29, 0.717) is 6.61 Å². The predicted molar refractivity (Wildman–Crippen MR) is 57.2 cm³/mol. The van der Waals surface area contributed by atoms with Gasteiger partial charge in [-0.25, -0.2) is 9.78 Å². The number of carboxylic acid groups (broad SMARTS) is 1. The van der Waals surface area contributed by atoms with Crippen LogP contribution >= 0.6 is 0 Å². The molecule has 1 saturated heterocycles. The molecule has 1 aromatic heterocycles. The first kappa shape index (κ1) is 11.9. The lowest BCUT2D eigenvalue weighted by Gasteiger charge is -2.05. The van der Waals surface area contributed by atoms with E-state index in [4.69, 9.17) is 19.0 Å². The number of aromatic carboxylic acids is 1. The van der Waals surface area contributed by atoms with Gasteiger partial charge < -0.3 is 19.0 Å². The molecule has 1 aromatic rings. The van der Waals surface area contributed by atoms with E-state index in [9.17, 15) is 4.79 Å². The fourth-order valence-corrected chi connectivity index (χ4v) is 1.81. The zero-order valence-electron chi connectivity index (χ0n) is 9.80. The van der Waals surface area contributed by atoms with Gasteiger partial charge in [0.25, 0.3) is 0 Å². The molecule has 0 saturated carbocycles. The smallest absolute Gasteiger partial charge is 0.362 e. The van der Waals surface area contributed by atoms with E-state index in [2.05, 4.69) is 4.98 Å². The number of aromatic nitrogens is 1. The molecule has 1 N–H and O–H groups in total. The normalized spacial score (nSPS) is 23.9. The quantitative estimate of drug-likeness (QED) is 0.868. The molecule has 94 valence electrons. The molecule has 1 fully saturated rings. The third kappa shape index (κ3) is 2.41. The molecule has 1 aliphatic heterocycles. The van der Waals surface area contributed by atoms with E-state index in [1.807, 2.05) is 6.92 Å². The fraction of sp³-hybridized carbons (Fsp3) is 0.636. The second-order valence-corrected chi connectivity index (χ2v) is 3.94. The first-order chi connectivity index (χ1) is 8.11. The molecule has 0 radical (unpaired) electrons. The van der Waals surface area contributed by atoms with Gasteiger partial charge in [0, 0.05) is 0 Å². The van der Waals surface area contributed by atoms with Crippen molar-refractivity contribution in [3.05, 3.63) is 11.6 Å². The number of hydrogen-bond acceptors (Lipinski definition) is 5. The van der Waals surface area contributed by atoms with Crippen molar-refractivity contribution in [2.24, 2.45) is 0 Å². The number of oxazole rings is 1. The number of carboxylic acids is 1. The van der Waals surface area contributed by atoms with E-state index in [1.165, 1.54) is 0 Å². The molecule has 2 unspecified atom stereocenters. The summed E-state index contributed by atoms with van der Waals surface area (Å²) in [6.07, 6.45) is 1.58. The van der Waals surface area contributed by atoms with Crippen LogP contribution in [0.15, 0.2) is 4.42 Å². The van der Waals surface area contributed by atoms with Crippen LogP contribution in [0.1, 0.15) is 49.2 Å². The van der Waals surface area contributed by atoms with Gasteiger partial charge in [0.2, 0.25) is 11.6 Å². The molecular weight excluding hydrogens is 226 g/mol. The van der Waals surface area contributed by atoms with Crippen molar-refractivity contribution in [2.45, 2.75) is 38.9 Å². The minimum Gasteiger partial charge on any atom is -0.476 e. The molecule has 2 rings (SSSR count). The average Bonchev–Trinajstić information content (AvgIpc) is 2.85. The van der Waals surface area contributed by atoms with Gasteiger partial charge in [-0.1, -0.05) is 0 Å². The molecule has 6 nitrogen and oxygen atoms in total. The third-order valence-corrected chi connectivity index (χ3v) is 2.60. The van der Waals surface area contributed by atoms with Gasteiger partial charge in [0.05, 0.1) is 12.7 Å². The molecular formula is C11H15NO5. The number of rotatable bonds is 4. The summed E-state index contributed by atoms with van der Waals surface area (Å²) in [5.74, 6) is -0.914. The Balaban J connectivity index is 2.23. The molecule has 17 heavy (non-hydrogen) atoms. The Hall–Kier alpha value is -1.56. The van der Waals surface area contributed by atoms with E-state index >= 15 is 0 Å². The van der Waals surface area contributed by atoms with E-state index in [1.54, 1.807) is 6.92 Å². The molecule has 2 atom stereocenters. The highest BCUT2D eigenvalue weighted by molar-refractivity contribution is 5.87. The Morgan fingerprint density at radius 2 is 2.35 bits per heavy atom. The maximum Gasteiger partial charge on any atom is 0.362 e. The van der Waals surface area contributed by atoms with Crippen LogP contribution in [0, 0.1) is 0 Å². The van der Waals surface area contributed by atoms with Crippen LogP contribution in [-0.4, -0.2) is 28.8 Å². The van der Waals surface area contributed by atoms with Gasteiger partial charge in [-0.15, -0.1) is 0 Å². The Morgan fingerprint density at radius 1 is 1.59 bits per heavy atom. The van der Waals surface area contributed by atoms with Crippen molar-refractivity contribution in [2.75, 3.05) is 6.61 Å². The van der Waals surface area contributed by atoms with Crippen LogP contribution in [0.2, 0.25) is 0 Å². The standard InChI is InChI=1S/C11H15NO5/c1-3-15-11-8(10(13)14)12-9(17-11)7-5-4-6(2)16-7/h6-7H,3-5H2,1-2H3,(H,13,14). The summed E-state index contributed by atoms with van der Waals surface area (Å²) in [4.78, 5) is 14.9. The summed E-state index contributed by atoms with van der Waals surface area (Å²) in [6.45, 7) is 4.04. The molecule has 1 aliphatic rings. The monoisotopic (exact) mass is 241 g/mol. The minimum atomic E-state index is -1.16. The summed E-state index contributed by atoms with van der Waals surface area (Å²) in [6, 6.07) is 0. The molecule has 0 bridgehead atoms. The highest BCUT2D eigenvalue weighted by Gasteiger charge is 2.31. The van der Waals surface area contributed by atoms with Crippen LogP contribution < -0.4 is 4.74 Å². The van der Waals surface area contributed by atoms with Crippen LogP contribution in [0.4, 0.5) is 0 Å². The van der Waals surface area contributed by atoms with Crippen molar-refractivity contribution >= 4 is 5.97 Å². The molecule has 0 amide bonds. The molecule has 6 heteroatoms. The van der Waals surface area contributed by atoms with Gasteiger partial charge in [0.1, 0.15) is 6.10 Å². The summed E-state index contributed by atoms with van der Waals surface area (Å²) >= 11 is 0. The van der Waals surface area contributed by atoms with Crippen molar-refractivity contribution in [1.82, 2.24) is 4.98 Å². The topological polar surface area (TPSA) is 81.8 Å². The van der Waals surface area contributed by atoms with Gasteiger partial charge >= 0.3 is 11.9 Å². The Labute approximate surface area is 98.5 Å². The second kappa shape index (κ2) is 4.75. The fourth-order valence-electron chi connectivity index (χ4n) is 1.81. The zero-order chi connectivity index (χ0) is 12.4. The summed E-state index contributed by atoms with van der Waals surface area (Å²) < 4.78 is 16.0. The highest BCUT2D eigenvalue weighted by atomic mass is 16.6. The largest absolute Gasteiger partial charge is 0.476 e. The van der Waals surface area contributed by atoms with Crippen molar-refractivity contribution < 1.29 is 23.8 Å². The molecule has 2 heterocycles. The summed E-state index contributed by atoms with van der Waals surface area (Å²) in [5.41, 5.74) is -0.190. The average molecular weight is 241 g/mol. The first-order valence-electron chi connectivity index (χ1n) is 5.64. The SMILES string of the molecule is CCOc1oc(C2CCC(C)O2)nc1C(=O)O. The van der Waals surface area contributed by atoms with Crippen molar-refractivity contribution in [3.8, 4) is 5.95 Å². The van der Waals surface area contributed by atoms with Gasteiger partial charge in [0.15, 0.2) is 0 Å². The highest BCUT2D eigenvalue weighted by Crippen LogP contribution is 2.34. The molecule has 0 aliphatic carbocycles. The van der Waals surface area contributed by atoms with Gasteiger partial charge in [-0.3, -0.25) is 0 Å². The van der Waals surface area contributed by atoms with Crippen LogP contribution in [0.5, 0.6) is 5.95 Å². The Morgan fingerprint density at radius 3 is 2.88 bits per heavy atom. The lowest BCUT2D eigenvalue weighted by Crippen LogP contribution is -2.03. The molecule has 0 aromatic carbocycles. The third-order valence-electron chi connectivity index (χ3n) is 2.60. The maximum atomic E-state index is 10.9. The number of hydrogen-bond donors (Lipinski definition) is 1. The van der Waals surface area contributed by atoms with Crippen molar-refractivity contribution in [3.63, 3.8) is 0 Å². The first-order valence-corrected chi connectivity index (χ1v) is 5.64. The Kier molecular flexibility index (Phi) is 3.33. The zero-order valence-corrected chi connectivity index (χ0v) is 9.80. The number of nitrogens with zero attached hydrogens (tertiary/aromatic N) is 1. The maximum absolute atomic E-state index is 10.9. The van der Waals surface area contributed by atoms with Gasteiger partial charge in [-0.2, -0.15) is 0 Å². The van der Waals surface area contributed by atoms with Crippen molar-refractivity contribution in [1.29, 1.82) is 0 Å². The second-order valence-electron chi connectivity index (χ2n) is 3.94. The minimum absolute atomic E-state index is 0.0434. The Bertz CT molecular complexity index is 414. The number of ether oxygens (including phenoxy) is 2. The predicted octanol–water partition coefficient (Wildman–Crippen LogP) is 2.01. The van der Waals surface area contributed by atoms with E-state index < -0.39 is 5.97 Å². The lowest BCUT2D eigenvalue weighted by molar-refractivity contribution is 0.0367. The van der Waals surface area contributed by atoms with Crippen LogP contribution in [-0.2, 0) is 4.74 Å². The summed E-state index contributed by atoms with van der Waals surface area (Å²) in [5, 5.41) is 8.96. The summed E-state index contributed by atoms with van der Waals surface area (Å²) in [7, 11) is 0. The lowest BCUT2D eigenvalue weighted by atomic mass is 10.2. The van der Waals surface area contributed by atoms with Crippen LogP contribution in [0.3, 0.4) is 0 Å². The van der Waals surface area contributed by atoms with E-state index in [-0.39, 0.29) is 29.7 Å². The van der Waals surface area contributed by atoms with Gasteiger partial charge in [-0.05, 0) is 26.7 Å².